The second-order valence-corrected chi connectivity index (χ2v) is 4.63. The molecule has 3 aromatic rings. The Hall–Kier alpha value is -2.76. The average Bonchev–Trinajstić information content (AvgIpc) is 2.99. The molecule has 0 amide bonds. The third-order valence-electron chi connectivity index (χ3n) is 3.23. The summed E-state index contributed by atoms with van der Waals surface area (Å²) in [6.07, 6.45) is 0. The van der Waals surface area contributed by atoms with Crippen molar-refractivity contribution in [3.63, 3.8) is 0 Å². The molecule has 22 heavy (non-hydrogen) atoms. The van der Waals surface area contributed by atoms with Gasteiger partial charge in [-0.2, -0.15) is 8.78 Å². The van der Waals surface area contributed by atoms with E-state index >= 15 is 0 Å². The normalized spacial score (nSPS) is 11.6. The zero-order valence-corrected chi connectivity index (χ0v) is 11.5. The van der Waals surface area contributed by atoms with Gasteiger partial charge in [-0.25, -0.2) is 9.78 Å². The number of methoxy groups -OCH3 is 1. The lowest BCUT2D eigenvalue weighted by Gasteiger charge is -2.12. The molecule has 0 saturated carbocycles. The lowest BCUT2D eigenvalue weighted by molar-refractivity contribution is 0.0147. The van der Waals surface area contributed by atoms with E-state index < -0.39 is 17.8 Å². The van der Waals surface area contributed by atoms with Gasteiger partial charge in [-0.15, -0.1) is 0 Å². The molecular formula is C16H11F2NO3. The molecule has 0 aliphatic rings. The zero-order valence-electron chi connectivity index (χ0n) is 11.5. The van der Waals surface area contributed by atoms with E-state index in [4.69, 9.17) is 4.42 Å². The van der Waals surface area contributed by atoms with E-state index in [9.17, 15) is 13.6 Å². The number of oxazole rings is 1. The Kier molecular flexibility index (Phi) is 3.36. The smallest absolute Gasteiger partial charge is 0.347 e. The van der Waals surface area contributed by atoms with Crippen molar-refractivity contribution in [2.75, 3.05) is 7.11 Å². The molecule has 0 aliphatic carbocycles. The minimum atomic E-state index is -3.40. The van der Waals surface area contributed by atoms with Crippen molar-refractivity contribution in [2.24, 2.45) is 0 Å². The number of alkyl halides is 2. The molecule has 4 nitrogen and oxygen atoms in total. The van der Waals surface area contributed by atoms with Crippen molar-refractivity contribution in [3.05, 3.63) is 65.5 Å². The van der Waals surface area contributed by atoms with Crippen LogP contribution in [0.1, 0.15) is 21.8 Å². The van der Waals surface area contributed by atoms with Gasteiger partial charge in [0.1, 0.15) is 5.52 Å². The second-order valence-electron chi connectivity index (χ2n) is 4.63. The molecule has 0 atom stereocenters. The fourth-order valence-electron chi connectivity index (χ4n) is 2.06. The molecule has 1 aromatic heterocycles. The molecule has 0 fully saturated rings. The molecule has 0 radical (unpaired) electrons. The highest BCUT2D eigenvalue weighted by Gasteiger charge is 2.39. The average molecular weight is 303 g/mol. The highest BCUT2D eigenvalue weighted by molar-refractivity contribution is 5.89. The van der Waals surface area contributed by atoms with E-state index in [1.807, 2.05) is 0 Å². The van der Waals surface area contributed by atoms with Crippen LogP contribution in [0, 0.1) is 0 Å². The van der Waals surface area contributed by atoms with Crippen LogP contribution in [0.3, 0.4) is 0 Å². The molecule has 0 N–H and O–H groups in total. The molecule has 6 heteroatoms. The van der Waals surface area contributed by atoms with Crippen LogP contribution in [-0.2, 0) is 10.7 Å². The molecule has 112 valence electrons. The molecule has 2 aromatic carbocycles. The monoisotopic (exact) mass is 303 g/mol. The van der Waals surface area contributed by atoms with Gasteiger partial charge < -0.3 is 9.15 Å². The Morgan fingerprint density at radius 3 is 2.45 bits per heavy atom. The van der Waals surface area contributed by atoms with Gasteiger partial charge in [-0.1, -0.05) is 24.3 Å². The van der Waals surface area contributed by atoms with Crippen LogP contribution in [0.15, 0.2) is 52.9 Å². The van der Waals surface area contributed by atoms with E-state index in [-0.39, 0.29) is 11.1 Å². The number of aromatic nitrogens is 1. The van der Waals surface area contributed by atoms with Crippen LogP contribution in [0.2, 0.25) is 0 Å². The fourth-order valence-corrected chi connectivity index (χ4v) is 2.06. The second kappa shape index (κ2) is 5.22. The van der Waals surface area contributed by atoms with Gasteiger partial charge in [0.25, 0.3) is 5.89 Å². The first-order valence-electron chi connectivity index (χ1n) is 6.45. The Balaban J connectivity index is 1.99. The largest absolute Gasteiger partial charge is 0.465 e. The minimum Gasteiger partial charge on any atom is -0.465 e. The van der Waals surface area contributed by atoms with Crippen molar-refractivity contribution >= 4 is 17.1 Å². The number of hydrogen-bond acceptors (Lipinski definition) is 4. The summed E-state index contributed by atoms with van der Waals surface area (Å²) >= 11 is 0. The number of halogens is 2. The maximum Gasteiger partial charge on any atom is 0.347 e. The number of carbonyl (C=O) groups excluding carboxylic acids is 1. The summed E-state index contributed by atoms with van der Waals surface area (Å²) in [6, 6.07) is 11.4. The van der Waals surface area contributed by atoms with Crippen molar-refractivity contribution in [1.82, 2.24) is 4.98 Å². The molecule has 3 rings (SSSR count). The van der Waals surface area contributed by atoms with Crippen LogP contribution in [0.4, 0.5) is 8.78 Å². The summed E-state index contributed by atoms with van der Waals surface area (Å²) in [4.78, 5) is 15.1. The fraction of sp³-hybridized carbons (Fsp3) is 0.125. The highest BCUT2D eigenvalue weighted by atomic mass is 19.3. The first-order valence-corrected chi connectivity index (χ1v) is 6.45. The summed E-state index contributed by atoms with van der Waals surface area (Å²) < 4.78 is 38.6. The molecule has 0 saturated heterocycles. The van der Waals surface area contributed by atoms with Crippen molar-refractivity contribution in [1.29, 1.82) is 0 Å². The first kappa shape index (κ1) is 14.2. The first-order chi connectivity index (χ1) is 10.5. The van der Waals surface area contributed by atoms with Gasteiger partial charge in [-0.05, 0) is 24.3 Å². The number of para-hydroxylation sites is 2. The maximum absolute atomic E-state index is 14.5. The number of benzene rings is 2. The van der Waals surface area contributed by atoms with Gasteiger partial charge in [0.05, 0.1) is 12.7 Å². The number of ether oxygens (including phenoxy) is 1. The van der Waals surface area contributed by atoms with Crippen molar-refractivity contribution in [2.45, 2.75) is 5.92 Å². The predicted molar refractivity (Wildman–Crippen MR) is 74.8 cm³/mol. The van der Waals surface area contributed by atoms with Crippen LogP contribution < -0.4 is 0 Å². The zero-order chi connectivity index (χ0) is 15.7. The SMILES string of the molecule is COC(=O)c1ccc(C(F)(F)c2nc3ccccc3o2)cc1. The summed E-state index contributed by atoms with van der Waals surface area (Å²) in [6.45, 7) is 0. The quantitative estimate of drug-likeness (QED) is 0.691. The molecular weight excluding hydrogens is 292 g/mol. The van der Waals surface area contributed by atoms with Crippen LogP contribution in [0.5, 0.6) is 0 Å². The molecule has 1 heterocycles. The van der Waals surface area contributed by atoms with Crippen LogP contribution in [0.25, 0.3) is 11.1 Å². The highest BCUT2D eigenvalue weighted by Crippen LogP contribution is 2.36. The van der Waals surface area contributed by atoms with Gasteiger partial charge >= 0.3 is 11.9 Å². The third-order valence-corrected chi connectivity index (χ3v) is 3.23. The maximum atomic E-state index is 14.5. The summed E-state index contributed by atoms with van der Waals surface area (Å²) in [5.74, 6) is -4.66. The van der Waals surface area contributed by atoms with Crippen molar-refractivity contribution in [3.8, 4) is 0 Å². The number of rotatable bonds is 3. The van der Waals surface area contributed by atoms with E-state index in [2.05, 4.69) is 9.72 Å². The summed E-state index contributed by atoms with van der Waals surface area (Å²) in [7, 11) is 1.23. The van der Waals surface area contributed by atoms with E-state index in [1.54, 1.807) is 24.3 Å². The molecule has 0 unspecified atom stereocenters. The predicted octanol–water partition coefficient (Wildman–Crippen LogP) is 3.75. The third kappa shape index (κ3) is 2.32. The van der Waals surface area contributed by atoms with Gasteiger partial charge in [-0.3, -0.25) is 0 Å². The number of hydrogen-bond donors (Lipinski definition) is 0. The number of esters is 1. The van der Waals surface area contributed by atoms with E-state index in [0.717, 1.165) is 12.1 Å². The standard InChI is InChI=1S/C16H11F2NO3/c1-21-14(20)10-6-8-11(9-7-10)16(17,18)15-19-12-4-2-3-5-13(12)22-15/h2-9H,1H3. The van der Waals surface area contributed by atoms with Gasteiger partial charge in [0, 0.05) is 5.56 Å². The van der Waals surface area contributed by atoms with E-state index in [0.29, 0.717) is 11.1 Å². The number of carbonyl (C=O) groups is 1. The Morgan fingerprint density at radius 2 is 1.82 bits per heavy atom. The Bertz CT molecular complexity index is 792. The van der Waals surface area contributed by atoms with E-state index in [1.165, 1.54) is 19.2 Å². The lowest BCUT2D eigenvalue weighted by Crippen LogP contribution is -2.16. The lowest BCUT2D eigenvalue weighted by atomic mass is 10.1. The van der Waals surface area contributed by atoms with Gasteiger partial charge in [0.2, 0.25) is 0 Å². The van der Waals surface area contributed by atoms with Crippen LogP contribution in [-0.4, -0.2) is 18.1 Å². The minimum absolute atomic E-state index is 0.194. The van der Waals surface area contributed by atoms with Crippen molar-refractivity contribution < 1.29 is 22.7 Å². The molecule has 0 aliphatic heterocycles. The number of fused-ring (bicyclic) bond motifs is 1. The number of nitrogens with zero attached hydrogens (tertiary/aromatic N) is 1. The summed E-state index contributed by atoms with van der Waals surface area (Å²) in [5, 5.41) is 0. The topological polar surface area (TPSA) is 52.3 Å². The van der Waals surface area contributed by atoms with Crippen LogP contribution >= 0.6 is 0 Å². The molecule has 0 bridgehead atoms. The Morgan fingerprint density at radius 1 is 1.14 bits per heavy atom. The summed E-state index contributed by atoms with van der Waals surface area (Å²) in [5.41, 5.74) is 0.540. The molecule has 0 spiro atoms. The Labute approximate surface area is 124 Å². The van der Waals surface area contributed by atoms with Gasteiger partial charge in [0.15, 0.2) is 5.58 Å².